The molecule has 0 radical (unpaired) electrons. The molecule has 5 nitrogen and oxygen atoms in total. The van der Waals surface area contributed by atoms with Gasteiger partial charge in [0.25, 0.3) is 5.91 Å². The van der Waals surface area contributed by atoms with Gasteiger partial charge in [-0.25, -0.2) is 0 Å². The van der Waals surface area contributed by atoms with Gasteiger partial charge >= 0.3 is 6.36 Å². The van der Waals surface area contributed by atoms with E-state index in [4.69, 9.17) is 4.74 Å². The molecule has 2 aromatic rings. The van der Waals surface area contributed by atoms with Crippen LogP contribution in [0.25, 0.3) is 0 Å². The lowest BCUT2D eigenvalue weighted by Gasteiger charge is -2.38. The second kappa shape index (κ2) is 7.61. The van der Waals surface area contributed by atoms with Crippen molar-refractivity contribution in [2.75, 3.05) is 13.7 Å². The van der Waals surface area contributed by atoms with Gasteiger partial charge in [-0.2, -0.15) is 0 Å². The van der Waals surface area contributed by atoms with Crippen molar-refractivity contribution < 1.29 is 32.5 Å². The van der Waals surface area contributed by atoms with E-state index in [9.17, 15) is 23.1 Å². The molecule has 0 aliphatic carbocycles. The molecule has 0 saturated carbocycles. The third-order valence-electron chi connectivity index (χ3n) is 4.75. The minimum Gasteiger partial charge on any atom is -0.508 e. The Hall–Kier alpha value is -2.90. The molecule has 1 amide bonds. The smallest absolute Gasteiger partial charge is 0.508 e. The summed E-state index contributed by atoms with van der Waals surface area (Å²) in [6, 6.07) is 7.80. The Morgan fingerprint density at radius 2 is 1.93 bits per heavy atom. The first-order chi connectivity index (χ1) is 13.2. The highest BCUT2D eigenvalue weighted by atomic mass is 19.4. The zero-order valence-electron chi connectivity index (χ0n) is 15.4. The van der Waals surface area contributed by atoms with Gasteiger partial charge in [0.15, 0.2) is 0 Å². The SMILES string of the molecule is CCC1c2c(cc(O)cc2OC)CCN1C(=O)c1ccc(OC(F)(F)F)cc1. The third-order valence-corrected chi connectivity index (χ3v) is 4.75. The number of hydrogen-bond donors (Lipinski definition) is 1. The van der Waals surface area contributed by atoms with Crippen LogP contribution in [0.15, 0.2) is 36.4 Å². The minimum absolute atomic E-state index is 0.102. The number of nitrogens with zero attached hydrogens (tertiary/aromatic N) is 1. The van der Waals surface area contributed by atoms with E-state index in [1.54, 1.807) is 11.0 Å². The topological polar surface area (TPSA) is 59.0 Å². The molecule has 1 aliphatic heterocycles. The molecular formula is C20H20F3NO4. The van der Waals surface area contributed by atoms with Crippen LogP contribution in [0.1, 0.15) is 40.9 Å². The Morgan fingerprint density at radius 3 is 2.50 bits per heavy atom. The number of benzene rings is 2. The molecule has 150 valence electrons. The molecule has 1 unspecified atom stereocenters. The Morgan fingerprint density at radius 1 is 1.25 bits per heavy atom. The Bertz CT molecular complexity index is 848. The lowest BCUT2D eigenvalue weighted by atomic mass is 9.89. The molecule has 0 spiro atoms. The normalized spacial score (nSPS) is 16.5. The minimum atomic E-state index is -4.78. The van der Waals surface area contributed by atoms with E-state index in [-0.39, 0.29) is 29.0 Å². The van der Waals surface area contributed by atoms with Crippen molar-refractivity contribution in [3.05, 3.63) is 53.1 Å². The monoisotopic (exact) mass is 395 g/mol. The molecule has 1 aliphatic rings. The maximum absolute atomic E-state index is 13.0. The first-order valence-corrected chi connectivity index (χ1v) is 8.80. The van der Waals surface area contributed by atoms with Crippen LogP contribution in [-0.2, 0) is 6.42 Å². The van der Waals surface area contributed by atoms with Crippen molar-refractivity contribution in [3.63, 3.8) is 0 Å². The van der Waals surface area contributed by atoms with Crippen LogP contribution in [0.4, 0.5) is 13.2 Å². The van der Waals surface area contributed by atoms with Crippen molar-refractivity contribution in [3.8, 4) is 17.2 Å². The zero-order valence-corrected chi connectivity index (χ0v) is 15.4. The number of methoxy groups -OCH3 is 1. The van der Waals surface area contributed by atoms with Gasteiger partial charge in [-0.05, 0) is 48.7 Å². The summed E-state index contributed by atoms with van der Waals surface area (Å²) < 4.78 is 46.2. The predicted molar refractivity (Wildman–Crippen MR) is 95.6 cm³/mol. The lowest BCUT2D eigenvalue weighted by molar-refractivity contribution is -0.274. The van der Waals surface area contributed by atoms with E-state index in [1.165, 1.54) is 25.3 Å². The summed E-state index contributed by atoms with van der Waals surface area (Å²) in [6.45, 7) is 2.37. The van der Waals surface area contributed by atoms with Gasteiger partial charge in [-0.3, -0.25) is 4.79 Å². The van der Waals surface area contributed by atoms with Crippen LogP contribution in [0, 0.1) is 0 Å². The number of carbonyl (C=O) groups excluding carboxylic acids is 1. The Kier molecular flexibility index (Phi) is 5.40. The van der Waals surface area contributed by atoms with Crippen LogP contribution < -0.4 is 9.47 Å². The molecule has 0 bridgehead atoms. The van der Waals surface area contributed by atoms with Gasteiger partial charge in [0.05, 0.1) is 13.2 Å². The average molecular weight is 395 g/mol. The molecule has 0 saturated heterocycles. The molecule has 1 heterocycles. The van der Waals surface area contributed by atoms with Crippen molar-refractivity contribution in [2.24, 2.45) is 0 Å². The number of alkyl halides is 3. The van der Waals surface area contributed by atoms with Gasteiger partial charge in [-0.15, -0.1) is 13.2 Å². The summed E-state index contributed by atoms with van der Waals surface area (Å²) in [5, 5.41) is 9.87. The molecule has 1 N–H and O–H groups in total. The Labute approximate surface area is 160 Å². The summed E-state index contributed by atoms with van der Waals surface area (Å²) >= 11 is 0. The standard InChI is InChI=1S/C20H20F3NO4/c1-3-16-18-13(10-14(25)11-17(18)27-2)8-9-24(16)19(26)12-4-6-15(7-5-12)28-20(21,22)23/h4-7,10-11,16,25H,3,8-9H2,1-2H3. The van der Waals surface area contributed by atoms with E-state index in [0.717, 1.165) is 23.3 Å². The predicted octanol–water partition coefficient (Wildman–Crippen LogP) is 4.45. The second-order valence-corrected chi connectivity index (χ2v) is 6.47. The number of amides is 1. The number of hydrogen-bond acceptors (Lipinski definition) is 4. The van der Waals surface area contributed by atoms with Crippen LogP contribution in [0.2, 0.25) is 0 Å². The van der Waals surface area contributed by atoms with Gasteiger partial charge in [0, 0.05) is 23.7 Å². The van der Waals surface area contributed by atoms with Crippen molar-refractivity contribution in [1.29, 1.82) is 0 Å². The number of aromatic hydroxyl groups is 1. The number of rotatable bonds is 4. The zero-order chi connectivity index (χ0) is 20.5. The van der Waals surface area contributed by atoms with Crippen molar-refractivity contribution in [2.45, 2.75) is 32.2 Å². The second-order valence-electron chi connectivity index (χ2n) is 6.47. The van der Waals surface area contributed by atoms with Crippen molar-refractivity contribution in [1.82, 2.24) is 4.90 Å². The number of ether oxygens (including phenoxy) is 2. The van der Waals surface area contributed by atoms with E-state index in [2.05, 4.69) is 4.74 Å². The summed E-state index contributed by atoms with van der Waals surface area (Å²) in [4.78, 5) is 14.7. The molecule has 2 aromatic carbocycles. The molecule has 8 heteroatoms. The molecule has 1 atom stereocenters. The number of carbonyl (C=O) groups is 1. The summed E-state index contributed by atoms with van der Waals surface area (Å²) in [6.07, 6.45) is -3.62. The highest BCUT2D eigenvalue weighted by Crippen LogP contribution is 2.41. The quantitative estimate of drug-likeness (QED) is 0.831. The highest BCUT2D eigenvalue weighted by Gasteiger charge is 2.34. The summed E-state index contributed by atoms with van der Waals surface area (Å²) in [7, 11) is 1.50. The lowest BCUT2D eigenvalue weighted by Crippen LogP contribution is -2.40. The van der Waals surface area contributed by atoms with E-state index in [1.807, 2.05) is 6.92 Å². The van der Waals surface area contributed by atoms with Crippen LogP contribution in [-0.4, -0.2) is 35.9 Å². The number of phenolic OH excluding ortho intramolecular Hbond substituents is 1. The maximum atomic E-state index is 13.0. The number of phenols is 1. The highest BCUT2D eigenvalue weighted by molar-refractivity contribution is 5.95. The number of fused-ring (bicyclic) bond motifs is 1. The molecular weight excluding hydrogens is 375 g/mol. The van der Waals surface area contributed by atoms with E-state index >= 15 is 0 Å². The summed E-state index contributed by atoms with van der Waals surface area (Å²) in [5.74, 6) is -0.0535. The molecule has 0 aromatic heterocycles. The fourth-order valence-corrected chi connectivity index (χ4v) is 3.61. The van der Waals surface area contributed by atoms with Crippen LogP contribution in [0.5, 0.6) is 17.2 Å². The largest absolute Gasteiger partial charge is 0.573 e. The van der Waals surface area contributed by atoms with Gasteiger partial charge in [0.1, 0.15) is 17.2 Å². The maximum Gasteiger partial charge on any atom is 0.573 e. The van der Waals surface area contributed by atoms with Crippen molar-refractivity contribution >= 4 is 5.91 Å². The van der Waals surface area contributed by atoms with E-state index < -0.39 is 6.36 Å². The van der Waals surface area contributed by atoms with E-state index in [0.29, 0.717) is 25.1 Å². The Balaban J connectivity index is 1.88. The third kappa shape index (κ3) is 4.00. The van der Waals surface area contributed by atoms with Gasteiger partial charge in [0.2, 0.25) is 0 Å². The number of halogens is 3. The average Bonchev–Trinajstić information content (AvgIpc) is 2.65. The van der Waals surface area contributed by atoms with Gasteiger partial charge in [-0.1, -0.05) is 6.92 Å². The summed E-state index contributed by atoms with van der Waals surface area (Å²) in [5.41, 5.74) is 2.04. The fraction of sp³-hybridized carbons (Fsp3) is 0.350. The van der Waals surface area contributed by atoms with Crippen LogP contribution >= 0.6 is 0 Å². The molecule has 3 rings (SSSR count). The molecule has 0 fully saturated rings. The fourth-order valence-electron chi connectivity index (χ4n) is 3.61. The first-order valence-electron chi connectivity index (χ1n) is 8.80. The van der Waals surface area contributed by atoms with Gasteiger partial charge < -0.3 is 19.5 Å². The molecule has 28 heavy (non-hydrogen) atoms. The van der Waals surface area contributed by atoms with Crippen LogP contribution in [0.3, 0.4) is 0 Å². The first kappa shape index (κ1) is 19.9.